The molecule has 1 aromatic carbocycles. The minimum Gasteiger partial charge on any atom is -0.496 e. The third kappa shape index (κ3) is 3.19. The Bertz CT molecular complexity index is 377. The first-order valence-corrected chi connectivity index (χ1v) is 6.08. The highest BCUT2D eigenvalue weighted by atomic mass is 19.1. The van der Waals surface area contributed by atoms with Gasteiger partial charge in [0.15, 0.2) is 0 Å². The molecule has 96 valence electrons. The second-order valence-electron chi connectivity index (χ2n) is 4.74. The van der Waals surface area contributed by atoms with Crippen LogP contribution in [0.25, 0.3) is 0 Å². The number of rotatable bonds is 5. The summed E-state index contributed by atoms with van der Waals surface area (Å²) < 4.78 is 18.8. The van der Waals surface area contributed by atoms with Crippen molar-refractivity contribution in [1.82, 2.24) is 0 Å². The van der Waals surface area contributed by atoms with Gasteiger partial charge in [-0.3, -0.25) is 0 Å². The Morgan fingerprint density at radius 1 is 1.29 bits per heavy atom. The number of hydrogen-bond donors (Lipinski definition) is 1. The van der Waals surface area contributed by atoms with Gasteiger partial charge >= 0.3 is 0 Å². The average molecular weight is 239 g/mol. The Labute approximate surface area is 103 Å². The molecular weight excluding hydrogens is 217 g/mol. The summed E-state index contributed by atoms with van der Waals surface area (Å²) >= 11 is 0. The highest BCUT2D eigenvalue weighted by molar-refractivity contribution is 5.44. The molecule has 0 aliphatic heterocycles. The fraction of sp³-hybridized carbons (Fsp3) is 0.571. The van der Waals surface area contributed by atoms with Crippen molar-refractivity contribution in [3.63, 3.8) is 0 Å². The van der Waals surface area contributed by atoms with Crippen molar-refractivity contribution >= 4 is 0 Å². The van der Waals surface area contributed by atoms with E-state index in [2.05, 4.69) is 20.8 Å². The summed E-state index contributed by atoms with van der Waals surface area (Å²) in [4.78, 5) is 0. The monoisotopic (exact) mass is 239 g/mol. The summed E-state index contributed by atoms with van der Waals surface area (Å²) in [6, 6.07) is 3.06. The molecule has 0 spiro atoms. The van der Waals surface area contributed by atoms with E-state index in [1.807, 2.05) is 0 Å². The van der Waals surface area contributed by atoms with Crippen molar-refractivity contribution in [3.8, 4) is 5.75 Å². The van der Waals surface area contributed by atoms with Gasteiger partial charge in [0, 0.05) is 11.6 Å². The van der Waals surface area contributed by atoms with Crippen LogP contribution in [0.4, 0.5) is 4.39 Å². The lowest BCUT2D eigenvalue weighted by Crippen LogP contribution is -2.09. The van der Waals surface area contributed by atoms with Crippen LogP contribution in [-0.4, -0.2) is 13.7 Å². The summed E-state index contributed by atoms with van der Waals surface area (Å²) in [6.45, 7) is 6.87. The van der Waals surface area contributed by atoms with E-state index in [9.17, 15) is 4.39 Å². The Kier molecular flexibility index (Phi) is 4.94. The maximum absolute atomic E-state index is 13.5. The predicted octanol–water partition coefficient (Wildman–Crippen LogP) is 3.41. The van der Waals surface area contributed by atoms with E-state index < -0.39 is 0 Å². The Balaban J connectivity index is 3.29. The van der Waals surface area contributed by atoms with Crippen molar-refractivity contribution in [2.24, 2.45) is 5.73 Å². The van der Waals surface area contributed by atoms with Crippen LogP contribution in [0.3, 0.4) is 0 Å². The molecule has 1 unspecified atom stereocenters. The lowest BCUT2D eigenvalue weighted by molar-refractivity contribution is 0.402. The molecule has 0 heterocycles. The zero-order valence-electron chi connectivity index (χ0n) is 11.1. The van der Waals surface area contributed by atoms with Crippen molar-refractivity contribution < 1.29 is 9.13 Å². The van der Waals surface area contributed by atoms with Gasteiger partial charge < -0.3 is 10.5 Å². The quantitative estimate of drug-likeness (QED) is 0.854. The smallest absolute Gasteiger partial charge is 0.127 e. The number of benzene rings is 1. The largest absolute Gasteiger partial charge is 0.496 e. The van der Waals surface area contributed by atoms with Gasteiger partial charge in [-0.15, -0.1) is 0 Å². The minimum absolute atomic E-state index is 0.245. The van der Waals surface area contributed by atoms with Crippen LogP contribution in [0.15, 0.2) is 12.1 Å². The van der Waals surface area contributed by atoms with E-state index in [0.717, 1.165) is 17.5 Å². The molecule has 0 aliphatic carbocycles. The first-order chi connectivity index (χ1) is 8.01. The molecule has 2 N–H and O–H groups in total. The first kappa shape index (κ1) is 14.0. The van der Waals surface area contributed by atoms with E-state index in [-0.39, 0.29) is 11.7 Å². The molecule has 17 heavy (non-hydrogen) atoms. The van der Waals surface area contributed by atoms with Gasteiger partial charge in [-0.05, 0) is 36.4 Å². The van der Waals surface area contributed by atoms with Crippen molar-refractivity contribution in [1.29, 1.82) is 0 Å². The Morgan fingerprint density at radius 2 is 1.94 bits per heavy atom. The zero-order chi connectivity index (χ0) is 13.0. The molecule has 0 saturated carbocycles. The molecule has 0 fully saturated rings. The van der Waals surface area contributed by atoms with Crippen molar-refractivity contribution in [2.75, 3.05) is 13.7 Å². The van der Waals surface area contributed by atoms with Crippen LogP contribution in [-0.2, 0) is 0 Å². The molecule has 0 aromatic heterocycles. The van der Waals surface area contributed by atoms with Crippen LogP contribution in [0.2, 0.25) is 0 Å². The lowest BCUT2D eigenvalue weighted by Gasteiger charge is -2.21. The van der Waals surface area contributed by atoms with Crippen LogP contribution in [0.1, 0.15) is 50.2 Å². The molecule has 1 rings (SSSR count). The first-order valence-electron chi connectivity index (χ1n) is 6.08. The number of nitrogens with two attached hydrogens (primary N) is 1. The average Bonchev–Trinajstić information content (AvgIpc) is 2.27. The van der Waals surface area contributed by atoms with E-state index in [4.69, 9.17) is 10.5 Å². The standard InChI is InChI=1S/C14H22FNO/c1-9(2)14-12(10(3)5-6-16)7-11(15)8-13(14)17-4/h7-10H,5-6,16H2,1-4H3. The van der Waals surface area contributed by atoms with Gasteiger partial charge in [0.1, 0.15) is 11.6 Å². The third-order valence-electron chi connectivity index (χ3n) is 3.07. The molecule has 0 aliphatic rings. The highest BCUT2D eigenvalue weighted by Crippen LogP contribution is 2.35. The fourth-order valence-corrected chi connectivity index (χ4v) is 2.21. The Morgan fingerprint density at radius 3 is 2.41 bits per heavy atom. The summed E-state index contributed by atoms with van der Waals surface area (Å²) in [5, 5.41) is 0. The van der Waals surface area contributed by atoms with Gasteiger partial charge in [-0.2, -0.15) is 0 Å². The summed E-state index contributed by atoms with van der Waals surface area (Å²) in [6.07, 6.45) is 0.853. The molecule has 0 amide bonds. The number of hydrogen-bond acceptors (Lipinski definition) is 2. The van der Waals surface area contributed by atoms with Crippen LogP contribution in [0.5, 0.6) is 5.75 Å². The molecule has 0 saturated heterocycles. The molecule has 2 nitrogen and oxygen atoms in total. The van der Waals surface area contributed by atoms with E-state index >= 15 is 0 Å². The van der Waals surface area contributed by atoms with Gasteiger partial charge in [0.05, 0.1) is 7.11 Å². The van der Waals surface area contributed by atoms with Crippen LogP contribution < -0.4 is 10.5 Å². The second-order valence-corrected chi connectivity index (χ2v) is 4.74. The molecule has 1 aromatic rings. The summed E-state index contributed by atoms with van der Waals surface area (Å²) in [5.41, 5.74) is 7.69. The fourth-order valence-electron chi connectivity index (χ4n) is 2.21. The SMILES string of the molecule is COc1cc(F)cc(C(C)CCN)c1C(C)C. The van der Waals surface area contributed by atoms with Gasteiger partial charge in [-0.25, -0.2) is 4.39 Å². The normalized spacial score (nSPS) is 12.9. The Hall–Kier alpha value is -1.09. The van der Waals surface area contributed by atoms with Gasteiger partial charge in [0.2, 0.25) is 0 Å². The summed E-state index contributed by atoms with van der Waals surface area (Å²) in [7, 11) is 1.58. The summed E-state index contributed by atoms with van der Waals surface area (Å²) in [5.74, 6) is 0.951. The number of methoxy groups -OCH3 is 1. The molecule has 3 heteroatoms. The van der Waals surface area contributed by atoms with E-state index in [1.165, 1.54) is 6.07 Å². The molecular formula is C14H22FNO. The zero-order valence-corrected chi connectivity index (χ0v) is 11.1. The minimum atomic E-state index is -0.245. The molecule has 0 bridgehead atoms. The predicted molar refractivity (Wildman–Crippen MR) is 69.1 cm³/mol. The van der Waals surface area contributed by atoms with Crippen molar-refractivity contribution in [3.05, 3.63) is 29.1 Å². The van der Waals surface area contributed by atoms with E-state index in [1.54, 1.807) is 13.2 Å². The topological polar surface area (TPSA) is 35.2 Å². The maximum Gasteiger partial charge on any atom is 0.127 e. The lowest BCUT2D eigenvalue weighted by atomic mass is 9.87. The van der Waals surface area contributed by atoms with E-state index in [0.29, 0.717) is 18.2 Å². The van der Waals surface area contributed by atoms with Crippen LogP contribution in [0, 0.1) is 5.82 Å². The maximum atomic E-state index is 13.5. The number of halogens is 1. The third-order valence-corrected chi connectivity index (χ3v) is 3.07. The van der Waals surface area contributed by atoms with Crippen LogP contribution >= 0.6 is 0 Å². The number of ether oxygens (including phenoxy) is 1. The van der Waals surface area contributed by atoms with Crippen molar-refractivity contribution in [2.45, 2.75) is 39.0 Å². The molecule has 1 atom stereocenters. The van der Waals surface area contributed by atoms with Gasteiger partial charge in [0.25, 0.3) is 0 Å². The van der Waals surface area contributed by atoms with Gasteiger partial charge in [-0.1, -0.05) is 20.8 Å². The molecule has 0 radical (unpaired) electrons. The highest BCUT2D eigenvalue weighted by Gasteiger charge is 2.18. The second kappa shape index (κ2) is 6.01.